The van der Waals surface area contributed by atoms with E-state index in [2.05, 4.69) is 15.7 Å². The molecule has 2 N–H and O–H groups in total. The molecular formula is C15H17F3N4O. The van der Waals surface area contributed by atoms with Crippen LogP contribution >= 0.6 is 0 Å². The molecule has 3 rings (SSSR count). The number of alkyl halides is 3. The molecule has 8 heteroatoms. The molecule has 1 fully saturated rings. The van der Waals surface area contributed by atoms with Gasteiger partial charge in [-0.15, -0.1) is 0 Å². The molecule has 1 saturated heterocycles. The Morgan fingerprint density at radius 2 is 2.09 bits per heavy atom. The van der Waals surface area contributed by atoms with Gasteiger partial charge >= 0.3 is 6.18 Å². The maximum atomic E-state index is 13.2. The highest BCUT2D eigenvalue weighted by molar-refractivity contribution is 6.02. The molecule has 2 aromatic heterocycles. The number of pyridine rings is 1. The topological polar surface area (TPSA) is 58.4 Å². The van der Waals surface area contributed by atoms with E-state index in [9.17, 15) is 18.0 Å². The molecule has 0 atom stereocenters. The van der Waals surface area contributed by atoms with E-state index in [0.29, 0.717) is 0 Å². The second-order valence-electron chi connectivity index (χ2n) is 5.61. The summed E-state index contributed by atoms with van der Waals surface area (Å²) in [5.41, 5.74) is -0.444. The average Bonchev–Trinajstić information content (AvgIpc) is 2.94. The zero-order valence-electron chi connectivity index (χ0n) is 12.6. The van der Waals surface area contributed by atoms with Gasteiger partial charge in [0.25, 0.3) is 5.91 Å². The first-order chi connectivity index (χ1) is 10.9. The van der Waals surface area contributed by atoms with Gasteiger partial charge in [0.05, 0.1) is 11.1 Å². The standard InChI is InChI=1S/C15H17F3N4O/c1-19-14(23)12-11-8-10(9-2-5-20-6-3-9)4-7-22(11)21-13(12)15(16,17)18/h4,7-9,20H,2-3,5-6H2,1H3,(H,19,23). The van der Waals surface area contributed by atoms with Crippen LogP contribution < -0.4 is 10.6 Å². The van der Waals surface area contributed by atoms with Crippen LogP contribution in [0.2, 0.25) is 0 Å². The first kappa shape index (κ1) is 15.8. The van der Waals surface area contributed by atoms with Gasteiger partial charge in [0.2, 0.25) is 0 Å². The highest BCUT2D eigenvalue weighted by Gasteiger charge is 2.40. The molecule has 0 aromatic carbocycles. The molecule has 0 saturated carbocycles. The molecular weight excluding hydrogens is 309 g/mol. The molecule has 0 radical (unpaired) electrons. The van der Waals surface area contributed by atoms with Crippen LogP contribution in [0.25, 0.3) is 5.52 Å². The van der Waals surface area contributed by atoms with E-state index in [0.717, 1.165) is 36.0 Å². The smallest absolute Gasteiger partial charge is 0.355 e. The van der Waals surface area contributed by atoms with Crippen LogP contribution in [0.1, 0.15) is 40.4 Å². The van der Waals surface area contributed by atoms with Crippen molar-refractivity contribution < 1.29 is 18.0 Å². The zero-order chi connectivity index (χ0) is 16.6. The Hall–Kier alpha value is -2.09. The average molecular weight is 326 g/mol. The maximum Gasteiger partial charge on any atom is 0.436 e. The van der Waals surface area contributed by atoms with Crippen molar-refractivity contribution in [2.24, 2.45) is 0 Å². The van der Waals surface area contributed by atoms with Crippen molar-refractivity contribution in [1.82, 2.24) is 20.2 Å². The minimum atomic E-state index is -4.68. The highest BCUT2D eigenvalue weighted by Crippen LogP contribution is 2.34. The summed E-state index contributed by atoms with van der Waals surface area (Å²) >= 11 is 0. The number of carbonyl (C=O) groups is 1. The van der Waals surface area contributed by atoms with E-state index in [1.165, 1.54) is 13.2 Å². The molecule has 0 aliphatic carbocycles. The van der Waals surface area contributed by atoms with Crippen LogP contribution in [0.15, 0.2) is 18.3 Å². The minimum absolute atomic E-state index is 0.188. The van der Waals surface area contributed by atoms with Crippen molar-refractivity contribution in [3.05, 3.63) is 35.2 Å². The van der Waals surface area contributed by atoms with Crippen molar-refractivity contribution in [1.29, 1.82) is 0 Å². The molecule has 1 aliphatic heterocycles. The van der Waals surface area contributed by atoms with Gasteiger partial charge in [0.1, 0.15) is 0 Å². The van der Waals surface area contributed by atoms with Gasteiger partial charge in [-0.25, -0.2) is 4.52 Å². The number of rotatable bonds is 2. The molecule has 0 spiro atoms. The monoisotopic (exact) mass is 326 g/mol. The fourth-order valence-electron chi connectivity index (χ4n) is 3.02. The SMILES string of the molecule is CNC(=O)c1c(C(F)(F)F)nn2ccc(C3CCNCC3)cc12. The summed E-state index contributed by atoms with van der Waals surface area (Å²) in [5, 5.41) is 9.08. The second kappa shape index (κ2) is 5.84. The lowest BCUT2D eigenvalue weighted by Crippen LogP contribution is -2.26. The Kier molecular flexibility index (Phi) is 4.01. The molecule has 0 unspecified atom stereocenters. The van der Waals surface area contributed by atoms with Crippen molar-refractivity contribution in [3.63, 3.8) is 0 Å². The quantitative estimate of drug-likeness (QED) is 0.889. The molecule has 2 aromatic rings. The van der Waals surface area contributed by atoms with E-state index in [4.69, 9.17) is 0 Å². The second-order valence-corrected chi connectivity index (χ2v) is 5.61. The van der Waals surface area contributed by atoms with Crippen LogP contribution in [0.5, 0.6) is 0 Å². The number of carbonyl (C=O) groups excluding carboxylic acids is 1. The molecule has 0 bridgehead atoms. The number of aromatic nitrogens is 2. The lowest BCUT2D eigenvalue weighted by molar-refractivity contribution is -0.141. The summed E-state index contributed by atoms with van der Waals surface area (Å²) in [6, 6.07) is 3.44. The Morgan fingerprint density at radius 1 is 1.39 bits per heavy atom. The fraction of sp³-hybridized carbons (Fsp3) is 0.467. The Morgan fingerprint density at radius 3 is 2.70 bits per heavy atom. The molecule has 23 heavy (non-hydrogen) atoms. The lowest BCUT2D eigenvalue weighted by atomic mass is 9.90. The summed E-state index contributed by atoms with van der Waals surface area (Å²) in [7, 11) is 1.31. The predicted molar refractivity (Wildman–Crippen MR) is 78.4 cm³/mol. The Balaban J connectivity index is 2.14. The number of amides is 1. The van der Waals surface area contributed by atoms with Gasteiger partial charge in [-0.1, -0.05) is 0 Å². The number of piperidine rings is 1. The van der Waals surface area contributed by atoms with E-state index in [1.54, 1.807) is 12.1 Å². The van der Waals surface area contributed by atoms with E-state index < -0.39 is 23.3 Å². The maximum absolute atomic E-state index is 13.2. The number of fused-ring (bicyclic) bond motifs is 1. The molecule has 1 aliphatic rings. The van der Waals surface area contributed by atoms with Crippen LogP contribution in [-0.4, -0.2) is 35.7 Å². The van der Waals surface area contributed by atoms with Gasteiger partial charge in [-0.05, 0) is 49.5 Å². The number of nitrogens with one attached hydrogen (secondary N) is 2. The van der Waals surface area contributed by atoms with Crippen LogP contribution in [-0.2, 0) is 6.18 Å². The van der Waals surface area contributed by atoms with Crippen molar-refractivity contribution in [3.8, 4) is 0 Å². The summed E-state index contributed by atoms with van der Waals surface area (Å²) in [5.74, 6) is -0.502. The van der Waals surface area contributed by atoms with Gasteiger partial charge in [-0.2, -0.15) is 18.3 Å². The zero-order valence-corrected chi connectivity index (χ0v) is 12.6. The van der Waals surface area contributed by atoms with E-state index in [-0.39, 0.29) is 11.4 Å². The normalized spacial score (nSPS) is 16.7. The van der Waals surface area contributed by atoms with Gasteiger partial charge in [0.15, 0.2) is 5.69 Å². The number of hydrogen-bond donors (Lipinski definition) is 2. The third kappa shape index (κ3) is 2.90. The van der Waals surface area contributed by atoms with Crippen LogP contribution in [0.3, 0.4) is 0 Å². The van der Waals surface area contributed by atoms with Crippen LogP contribution in [0, 0.1) is 0 Å². The first-order valence-electron chi connectivity index (χ1n) is 7.44. The first-order valence-corrected chi connectivity index (χ1v) is 7.44. The van der Waals surface area contributed by atoms with Gasteiger partial charge in [-0.3, -0.25) is 4.79 Å². The Labute approximate surface area is 130 Å². The van der Waals surface area contributed by atoms with Crippen molar-refractivity contribution in [2.45, 2.75) is 24.9 Å². The van der Waals surface area contributed by atoms with E-state index >= 15 is 0 Å². The number of nitrogens with zero attached hydrogens (tertiary/aromatic N) is 2. The lowest BCUT2D eigenvalue weighted by Gasteiger charge is -2.23. The number of halogens is 3. The molecule has 5 nitrogen and oxygen atoms in total. The largest absolute Gasteiger partial charge is 0.436 e. The van der Waals surface area contributed by atoms with Gasteiger partial charge in [0, 0.05) is 13.2 Å². The summed E-state index contributed by atoms with van der Waals surface area (Å²) < 4.78 is 40.6. The summed E-state index contributed by atoms with van der Waals surface area (Å²) in [6.07, 6.45) is -1.34. The van der Waals surface area contributed by atoms with Gasteiger partial charge < -0.3 is 10.6 Å². The van der Waals surface area contributed by atoms with Crippen molar-refractivity contribution >= 4 is 11.4 Å². The fourth-order valence-corrected chi connectivity index (χ4v) is 3.02. The highest BCUT2D eigenvalue weighted by atomic mass is 19.4. The third-order valence-electron chi connectivity index (χ3n) is 4.19. The molecule has 3 heterocycles. The number of hydrogen-bond acceptors (Lipinski definition) is 3. The van der Waals surface area contributed by atoms with E-state index in [1.807, 2.05) is 0 Å². The van der Waals surface area contributed by atoms with Crippen molar-refractivity contribution in [2.75, 3.05) is 20.1 Å². The molecule has 1 amide bonds. The van der Waals surface area contributed by atoms with Crippen LogP contribution in [0.4, 0.5) is 13.2 Å². The minimum Gasteiger partial charge on any atom is -0.355 e. The molecule has 124 valence electrons. The Bertz CT molecular complexity index is 732. The summed E-state index contributed by atoms with van der Waals surface area (Å²) in [6.45, 7) is 1.76. The third-order valence-corrected chi connectivity index (χ3v) is 4.19. The predicted octanol–water partition coefficient (Wildman–Crippen LogP) is 2.18. The summed E-state index contributed by atoms with van der Waals surface area (Å²) in [4.78, 5) is 12.0.